The van der Waals surface area contributed by atoms with Crippen molar-refractivity contribution in [3.05, 3.63) is 46.2 Å². The first-order chi connectivity index (χ1) is 8.04. The Morgan fingerprint density at radius 2 is 2.35 bits per heavy atom. The van der Waals surface area contributed by atoms with Gasteiger partial charge >= 0.3 is 0 Å². The molecular weight excluding hydrogens is 240 g/mol. The fraction of sp³-hybridized carbons (Fsp3) is 0. The van der Waals surface area contributed by atoms with Crippen LogP contribution in [0.4, 0.5) is 11.4 Å². The normalized spacial score (nSPS) is 10.4. The first-order valence-corrected chi connectivity index (χ1v) is 4.86. The van der Waals surface area contributed by atoms with Crippen molar-refractivity contribution in [1.29, 1.82) is 5.26 Å². The molecule has 0 atom stereocenters. The summed E-state index contributed by atoms with van der Waals surface area (Å²) in [4.78, 5) is 9.98. The summed E-state index contributed by atoms with van der Waals surface area (Å²) in [6, 6.07) is 7.67. The van der Waals surface area contributed by atoms with Crippen LogP contribution in [0.5, 0.6) is 0 Å². The molecule has 6 nitrogen and oxygen atoms in total. The summed E-state index contributed by atoms with van der Waals surface area (Å²) in [6.45, 7) is 0. The zero-order chi connectivity index (χ0) is 12.8. The number of hydrogen-bond donors (Lipinski definition) is 2. The Labute approximate surface area is 102 Å². The summed E-state index contributed by atoms with van der Waals surface area (Å²) < 4.78 is 0. The molecule has 1 aromatic carbocycles. The predicted molar refractivity (Wildman–Crippen MR) is 67.2 cm³/mol. The number of hydrogen-bond acceptors (Lipinski definition) is 5. The van der Waals surface area contributed by atoms with E-state index in [9.17, 15) is 10.1 Å². The molecule has 0 amide bonds. The van der Waals surface area contributed by atoms with E-state index in [2.05, 4.69) is 17.5 Å². The summed E-state index contributed by atoms with van der Waals surface area (Å²) in [5, 5.41) is 21.9. The molecule has 0 radical (unpaired) electrons. The number of rotatable bonds is 4. The van der Waals surface area contributed by atoms with Gasteiger partial charge in [-0.2, -0.15) is 5.26 Å². The van der Waals surface area contributed by atoms with E-state index in [4.69, 9.17) is 11.0 Å². The molecule has 86 valence electrons. The largest absolute Gasteiger partial charge is 0.389 e. The van der Waals surface area contributed by atoms with Gasteiger partial charge in [0.1, 0.15) is 16.6 Å². The van der Waals surface area contributed by atoms with Crippen molar-refractivity contribution >= 4 is 28.6 Å². The van der Waals surface area contributed by atoms with Crippen LogP contribution in [-0.2, 0) is 0 Å². The number of anilines is 1. The van der Waals surface area contributed by atoms with Crippen molar-refractivity contribution in [1.82, 2.24) is 0 Å². The van der Waals surface area contributed by atoms with Crippen LogP contribution in [0, 0.1) is 21.4 Å². The second-order valence-electron chi connectivity index (χ2n) is 2.99. The third-order valence-electron chi connectivity index (χ3n) is 1.83. The SMILES string of the molecule is N#C/C(=C/Nc1cccc([N+](=O)[O-])c1)C(N)=S. The number of benzene rings is 1. The highest BCUT2D eigenvalue weighted by molar-refractivity contribution is 7.80. The molecule has 0 bridgehead atoms. The lowest BCUT2D eigenvalue weighted by Crippen LogP contribution is -2.11. The predicted octanol–water partition coefficient (Wildman–Crippen LogP) is 1.70. The van der Waals surface area contributed by atoms with Crippen LogP contribution in [-0.4, -0.2) is 9.91 Å². The lowest BCUT2D eigenvalue weighted by atomic mass is 10.2. The first kappa shape index (κ1) is 12.6. The summed E-state index contributed by atoms with van der Waals surface area (Å²) in [6.07, 6.45) is 1.31. The molecule has 0 saturated carbocycles. The zero-order valence-corrected chi connectivity index (χ0v) is 9.40. The molecule has 7 heteroatoms. The van der Waals surface area contributed by atoms with Crippen molar-refractivity contribution in [3.8, 4) is 6.07 Å². The second kappa shape index (κ2) is 5.58. The first-order valence-electron chi connectivity index (χ1n) is 4.45. The van der Waals surface area contributed by atoms with Gasteiger partial charge in [0.25, 0.3) is 5.69 Å². The molecule has 17 heavy (non-hydrogen) atoms. The molecule has 0 fully saturated rings. The van der Waals surface area contributed by atoms with Gasteiger partial charge in [-0.1, -0.05) is 18.3 Å². The van der Waals surface area contributed by atoms with Crippen LogP contribution in [0.15, 0.2) is 36.0 Å². The number of nitrogens with zero attached hydrogens (tertiary/aromatic N) is 2. The zero-order valence-electron chi connectivity index (χ0n) is 8.58. The summed E-state index contributed by atoms with van der Waals surface area (Å²) in [5.41, 5.74) is 5.82. The molecule has 0 heterocycles. The van der Waals surface area contributed by atoms with E-state index in [0.717, 1.165) is 0 Å². The number of nitriles is 1. The fourth-order valence-corrected chi connectivity index (χ4v) is 1.13. The molecule has 1 aromatic rings. The molecule has 0 saturated heterocycles. The van der Waals surface area contributed by atoms with Gasteiger partial charge in [-0.25, -0.2) is 0 Å². The Balaban J connectivity index is 2.90. The number of nitrogens with two attached hydrogens (primary N) is 1. The summed E-state index contributed by atoms with van der Waals surface area (Å²) in [7, 11) is 0. The Hall–Kier alpha value is -2.46. The Morgan fingerprint density at radius 3 is 2.88 bits per heavy atom. The van der Waals surface area contributed by atoms with Crippen molar-refractivity contribution in [2.75, 3.05) is 5.32 Å². The van der Waals surface area contributed by atoms with Crippen LogP contribution in [0.2, 0.25) is 0 Å². The van der Waals surface area contributed by atoms with E-state index < -0.39 is 4.92 Å². The maximum absolute atomic E-state index is 10.5. The minimum Gasteiger partial charge on any atom is -0.389 e. The molecule has 0 aromatic heterocycles. The summed E-state index contributed by atoms with van der Waals surface area (Å²) >= 11 is 4.64. The second-order valence-corrected chi connectivity index (χ2v) is 3.43. The average molecular weight is 248 g/mol. The van der Waals surface area contributed by atoms with Crippen molar-refractivity contribution < 1.29 is 4.92 Å². The number of non-ortho nitro benzene ring substituents is 1. The van der Waals surface area contributed by atoms with Gasteiger partial charge in [-0.05, 0) is 6.07 Å². The standard InChI is InChI=1S/C10H8N4O2S/c11-5-7(10(12)17)6-13-8-2-1-3-9(4-8)14(15)16/h1-4,6,13H,(H2,12,17)/b7-6-. The highest BCUT2D eigenvalue weighted by Crippen LogP contribution is 2.17. The number of nitro benzene ring substituents is 1. The number of thiocarbonyl (C=S) groups is 1. The van der Waals surface area contributed by atoms with Gasteiger partial charge in [0.05, 0.1) is 4.92 Å². The quantitative estimate of drug-likeness (QED) is 0.276. The highest BCUT2D eigenvalue weighted by Gasteiger charge is 2.05. The Morgan fingerprint density at radius 1 is 1.65 bits per heavy atom. The van der Waals surface area contributed by atoms with E-state index in [1.807, 2.05) is 6.07 Å². The van der Waals surface area contributed by atoms with Gasteiger partial charge in [0.15, 0.2) is 0 Å². The van der Waals surface area contributed by atoms with Crippen molar-refractivity contribution in [3.63, 3.8) is 0 Å². The Kier molecular flexibility index (Phi) is 4.14. The average Bonchev–Trinajstić information content (AvgIpc) is 2.29. The minimum absolute atomic E-state index is 0.0366. The lowest BCUT2D eigenvalue weighted by molar-refractivity contribution is -0.384. The van der Waals surface area contributed by atoms with Crippen molar-refractivity contribution in [2.45, 2.75) is 0 Å². The third-order valence-corrected chi connectivity index (χ3v) is 2.05. The maximum atomic E-state index is 10.5. The molecule has 0 unspecified atom stereocenters. The maximum Gasteiger partial charge on any atom is 0.271 e. The smallest absolute Gasteiger partial charge is 0.271 e. The van der Waals surface area contributed by atoms with Gasteiger partial charge in [0, 0.05) is 24.0 Å². The molecule has 1 rings (SSSR count). The molecule has 0 aliphatic heterocycles. The van der Waals surface area contributed by atoms with Crippen LogP contribution in [0.25, 0.3) is 0 Å². The van der Waals surface area contributed by atoms with Gasteiger partial charge in [0.2, 0.25) is 0 Å². The topological polar surface area (TPSA) is 105 Å². The van der Waals surface area contributed by atoms with Crippen LogP contribution >= 0.6 is 12.2 Å². The number of nitrogens with one attached hydrogen (secondary N) is 1. The molecule has 0 aliphatic rings. The van der Waals surface area contributed by atoms with E-state index in [1.54, 1.807) is 6.07 Å². The van der Waals surface area contributed by atoms with E-state index in [-0.39, 0.29) is 16.2 Å². The lowest BCUT2D eigenvalue weighted by Gasteiger charge is -2.01. The van der Waals surface area contributed by atoms with E-state index in [0.29, 0.717) is 5.69 Å². The Bertz CT molecular complexity index is 533. The van der Waals surface area contributed by atoms with Crippen molar-refractivity contribution in [2.24, 2.45) is 5.73 Å². The van der Waals surface area contributed by atoms with E-state index in [1.165, 1.54) is 24.4 Å². The molecular formula is C10H8N4O2S. The molecule has 0 aliphatic carbocycles. The monoisotopic (exact) mass is 248 g/mol. The third kappa shape index (κ3) is 3.55. The van der Waals surface area contributed by atoms with Crippen LogP contribution in [0.3, 0.4) is 0 Å². The van der Waals surface area contributed by atoms with Gasteiger partial charge in [-0.15, -0.1) is 0 Å². The molecule has 3 N–H and O–H groups in total. The van der Waals surface area contributed by atoms with Gasteiger partial charge < -0.3 is 11.1 Å². The summed E-state index contributed by atoms with van der Waals surface area (Å²) in [5.74, 6) is 0. The molecule has 0 spiro atoms. The van der Waals surface area contributed by atoms with E-state index >= 15 is 0 Å². The highest BCUT2D eigenvalue weighted by atomic mass is 32.1. The van der Waals surface area contributed by atoms with Gasteiger partial charge in [-0.3, -0.25) is 10.1 Å². The van der Waals surface area contributed by atoms with Crippen LogP contribution < -0.4 is 11.1 Å². The number of nitro groups is 1. The van der Waals surface area contributed by atoms with Crippen LogP contribution in [0.1, 0.15) is 0 Å². The minimum atomic E-state index is -0.506. The fourth-order valence-electron chi connectivity index (χ4n) is 1.02.